The van der Waals surface area contributed by atoms with Gasteiger partial charge in [-0.2, -0.15) is 0 Å². The third-order valence-corrected chi connectivity index (χ3v) is 6.80. The molecule has 206 valence electrons. The van der Waals surface area contributed by atoms with Crippen molar-refractivity contribution in [3.63, 3.8) is 0 Å². The molecular formula is C32H54O4. The average Bonchev–Trinajstić information content (AvgIpc) is 2.85. The summed E-state index contributed by atoms with van der Waals surface area (Å²) in [6.07, 6.45) is 15.0. The molecule has 0 aliphatic heterocycles. The SMILES string of the molecule is CCCCCCC(CCC(C)C)OC(=O)c1ccc(C(=O)OC(CCCCCC)CCC(C)C)cc1. The van der Waals surface area contributed by atoms with Gasteiger partial charge in [0.25, 0.3) is 0 Å². The Morgan fingerprint density at radius 3 is 1.22 bits per heavy atom. The second-order valence-electron chi connectivity index (χ2n) is 11.3. The maximum absolute atomic E-state index is 12.8. The van der Waals surface area contributed by atoms with Gasteiger partial charge < -0.3 is 9.47 Å². The van der Waals surface area contributed by atoms with Gasteiger partial charge in [-0.15, -0.1) is 0 Å². The van der Waals surface area contributed by atoms with Crippen LogP contribution in [0.3, 0.4) is 0 Å². The van der Waals surface area contributed by atoms with Gasteiger partial charge in [0.05, 0.1) is 11.1 Å². The molecule has 0 heterocycles. The summed E-state index contributed by atoms with van der Waals surface area (Å²) in [5, 5.41) is 0. The lowest BCUT2D eigenvalue weighted by Gasteiger charge is -2.20. The van der Waals surface area contributed by atoms with Crippen LogP contribution in [-0.2, 0) is 9.47 Å². The Kier molecular flexibility index (Phi) is 17.3. The lowest BCUT2D eigenvalue weighted by Crippen LogP contribution is -2.20. The number of ether oxygens (including phenoxy) is 2. The number of hydrogen-bond donors (Lipinski definition) is 0. The highest BCUT2D eigenvalue weighted by Gasteiger charge is 2.19. The number of rotatable bonds is 20. The van der Waals surface area contributed by atoms with Crippen molar-refractivity contribution in [3.8, 4) is 0 Å². The molecule has 1 aromatic rings. The molecular weight excluding hydrogens is 448 g/mol. The van der Waals surface area contributed by atoms with Crippen LogP contribution < -0.4 is 0 Å². The number of carbonyl (C=O) groups excluding carboxylic acids is 2. The highest BCUT2D eigenvalue weighted by atomic mass is 16.5. The van der Waals surface area contributed by atoms with Crippen LogP contribution in [0.4, 0.5) is 0 Å². The Morgan fingerprint density at radius 2 is 0.917 bits per heavy atom. The summed E-state index contributed by atoms with van der Waals surface area (Å²) in [6, 6.07) is 6.78. The van der Waals surface area contributed by atoms with E-state index in [4.69, 9.17) is 9.47 Å². The number of hydrogen-bond acceptors (Lipinski definition) is 4. The molecule has 1 rings (SSSR count). The summed E-state index contributed by atoms with van der Waals surface area (Å²) in [6.45, 7) is 13.2. The summed E-state index contributed by atoms with van der Waals surface area (Å²) in [4.78, 5) is 25.7. The number of carbonyl (C=O) groups is 2. The van der Waals surface area contributed by atoms with E-state index in [1.165, 1.54) is 38.5 Å². The molecule has 0 bridgehead atoms. The maximum atomic E-state index is 12.8. The summed E-state index contributed by atoms with van der Waals surface area (Å²) < 4.78 is 11.8. The predicted molar refractivity (Wildman–Crippen MR) is 151 cm³/mol. The molecule has 2 atom stereocenters. The Bertz CT molecular complexity index is 646. The summed E-state index contributed by atoms with van der Waals surface area (Å²) >= 11 is 0. The third kappa shape index (κ3) is 14.7. The zero-order valence-electron chi connectivity index (χ0n) is 24.2. The van der Waals surface area contributed by atoms with Crippen LogP contribution in [0.15, 0.2) is 24.3 Å². The van der Waals surface area contributed by atoms with Crippen molar-refractivity contribution >= 4 is 11.9 Å². The summed E-state index contributed by atoms with van der Waals surface area (Å²) in [5.41, 5.74) is 0.983. The molecule has 0 saturated heterocycles. The van der Waals surface area contributed by atoms with E-state index in [9.17, 15) is 9.59 Å². The molecule has 4 heteroatoms. The highest BCUT2D eigenvalue weighted by Crippen LogP contribution is 2.20. The van der Waals surface area contributed by atoms with Gasteiger partial charge >= 0.3 is 11.9 Å². The first-order valence-electron chi connectivity index (χ1n) is 14.8. The van der Waals surface area contributed by atoms with Crippen LogP contribution in [0.5, 0.6) is 0 Å². The van der Waals surface area contributed by atoms with Crippen molar-refractivity contribution in [2.75, 3.05) is 0 Å². The minimum Gasteiger partial charge on any atom is -0.459 e. The van der Waals surface area contributed by atoms with Crippen LogP contribution in [0.25, 0.3) is 0 Å². The summed E-state index contributed by atoms with van der Waals surface area (Å²) in [5.74, 6) is 0.570. The molecule has 0 aliphatic rings. The fraction of sp³-hybridized carbons (Fsp3) is 0.750. The molecule has 36 heavy (non-hydrogen) atoms. The maximum Gasteiger partial charge on any atom is 0.338 e. The van der Waals surface area contributed by atoms with Crippen molar-refractivity contribution in [1.29, 1.82) is 0 Å². The van der Waals surface area contributed by atoms with Crippen LogP contribution in [0.2, 0.25) is 0 Å². The van der Waals surface area contributed by atoms with Crippen LogP contribution >= 0.6 is 0 Å². The fourth-order valence-corrected chi connectivity index (χ4v) is 4.34. The van der Waals surface area contributed by atoms with Gasteiger partial charge in [-0.05, 0) is 87.5 Å². The molecule has 0 fully saturated rings. The van der Waals surface area contributed by atoms with E-state index < -0.39 is 0 Å². The fourth-order valence-electron chi connectivity index (χ4n) is 4.34. The first-order valence-corrected chi connectivity index (χ1v) is 14.8. The smallest absolute Gasteiger partial charge is 0.338 e. The zero-order valence-corrected chi connectivity index (χ0v) is 24.2. The molecule has 4 nitrogen and oxygen atoms in total. The number of esters is 2. The lowest BCUT2D eigenvalue weighted by molar-refractivity contribution is 0.0228. The zero-order chi connectivity index (χ0) is 26.8. The van der Waals surface area contributed by atoms with Crippen LogP contribution in [0, 0.1) is 11.8 Å². The Hall–Kier alpha value is -1.84. The van der Waals surface area contributed by atoms with E-state index in [0.29, 0.717) is 23.0 Å². The van der Waals surface area contributed by atoms with E-state index in [2.05, 4.69) is 41.5 Å². The molecule has 0 amide bonds. The van der Waals surface area contributed by atoms with E-state index in [-0.39, 0.29) is 24.1 Å². The molecule has 0 spiro atoms. The molecule has 0 saturated carbocycles. The van der Waals surface area contributed by atoms with Gasteiger partial charge in [0.15, 0.2) is 0 Å². The Morgan fingerprint density at radius 1 is 0.556 bits per heavy atom. The third-order valence-electron chi connectivity index (χ3n) is 6.80. The van der Waals surface area contributed by atoms with Crippen molar-refractivity contribution < 1.29 is 19.1 Å². The molecule has 2 unspecified atom stereocenters. The first kappa shape index (κ1) is 32.2. The number of unbranched alkanes of at least 4 members (excludes halogenated alkanes) is 6. The standard InChI is InChI=1S/C32H54O4/c1-7-9-11-13-15-29(23-17-25(3)4)35-31(33)27-19-21-28(22-20-27)32(34)36-30(24-18-26(5)6)16-14-12-10-8-2/h19-22,25-26,29-30H,7-18,23-24H2,1-6H3. The first-order chi connectivity index (χ1) is 17.3. The minimum absolute atomic E-state index is 0.0455. The Labute approximate surface area is 221 Å². The van der Waals surface area contributed by atoms with Crippen molar-refractivity contribution in [2.45, 2.75) is 144 Å². The largest absolute Gasteiger partial charge is 0.459 e. The second-order valence-corrected chi connectivity index (χ2v) is 11.3. The van der Waals surface area contributed by atoms with Crippen LogP contribution in [0.1, 0.15) is 152 Å². The van der Waals surface area contributed by atoms with Crippen molar-refractivity contribution in [1.82, 2.24) is 0 Å². The molecule has 0 aliphatic carbocycles. The Balaban J connectivity index is 2.71. The van der Waals surface area contributed by atoms with Gasteiger partial charge in [-0.3, -0.25) is 0 Å². The second kappa shape index (κ2) is 19.3. The van der Waals surface area contributed by atoms with E-state index in [0.717, 1.165) is 51.4 Å². The van der Waals surface area contributed by atoms with Crippen molar-refractivity contribution in [2.24, 2.45) is 11.8 Å². The molecule has 0 N–H and O–H groups in total. The lowest BCUT2D eigenvalue weighted by atomic mass is 10.0. The average molecular weight is 503 g/mol. The van der Waals surface area contributed by atoms with Gasteiger partial charge in [0.1, 0.15) is 12.2 Å². The molecule has 1 aromatic carbocycles. The topological polar surface area (TPSA) is 52.6 Å². The van der Waals surface area contributed by atoms with E-state index in [1.807, 2.05) is 0 Å². The van der Waals surface area contributed by atoms with Crippen LogP contribution in [-0.4, -0.2) is 24.1 Å². The van der Waals surface area contributed by atoms with Crippen molar-refractivity contribution in [3.05, 3.63) is 35.4 Å². The number of benzene rings is 1. The highest BCUT2D eigenvalue weighted by molar-refractivity contribution is 5.93. The van der Waals surface area contributed by atoms with Gasteiger partial charge in [0, 0.05) is 0 Å². The molecule has 0 radical (unpaired) electrons. The minimum atomic E-state index is -0.301. The molecule has 0 aromatic heterocycles. The normalized spacial score (nSPS) is 13.1. The van der Waals surface area contributed by atoms with Gasteiger partial charge in [-0.1, -0.05) is 80.1 Å². The van der Waals surface area contributed by atoms with E-state index >= 15 is 0 Å². The van der Waals surface area contributed by atoms with Gasteiger partial charge in [-0.25, -0.2) is 9.59 Å². The predicted octanol–water partition coefficient (Wildman–Crippen LogP) is 9.55. The van der Waals surface area contributed by atoms with E-state index in [1.54, 1.807) is 24.3 Å². The quantitative estimate of drug-likeness (QED) is 0.132. The monoisotopic (exact) mass is 502 g/mol. The van der Waals surface area contributed by atoms with Gasteiger partial charge in [0.2, 0.25) is 0 Å². The summed E-state index contributed by atoms with van der Waals surface area (Å²) in [7, 11) is 0.